The molecular weight excluding hydrogens is 178 g/mol. The molecule has 0 amide bonds. The summed E-state index contributed by atoms with van der Waals surface area (Å²) in [5.74, 6) is 0.291. The first-order valence-corrected chi connectivity index (χ1v) is 4.84. The molecule has 0 aliphatic heterocycles. The van der Waals surface area contributed by atoms with Gasteiger partial charge in [0.15, 0.2) is 0 Å². The largest absolute Gasteiger partial charge is 0.508 e. The Bertz CT molecular complexity index is 276. The van der Waals surface area contributed by atoms with Gasteiger partial charge in [-0.2, -0.15) is 0 Å². The molecule has 0 fully saturated rings. The summed E-state index contributed by atoms with van der Waals surface area (Å²) < 4.78 is 0. The second-order valence-electron chi connectivity index (χ2n) is 3.46. The average molecular weight is 195 g/mol. The fourth-order valence-electron chi connectivity index (χ4n) is 1.25. The summed E-state index contributed by atoms with van der Waals surface area (Å²) in [4.78, 5) is 0. The summed E-state index contributed by atoms with van der Waals surface area (Å²) in [6.07, 6.45) is 0.749. The van der Waals surface area contributed by atoms with Gasteiger partial charge in [0.25, 0.3) is 0 Å². The van der Waals surface area contributed by atoms with E-state index < -0.39 is 0 Å². The molecule has 1 rings (SSSR count). The van der Waals surface area contributed by atoms with Crippen LogP contribution in [0.25, 0.3) is 0 Å². The maximum absolute atomic E-state index is 9.21. The quantitative estimate of drug-likeness (QED) is 0.663. The molecule has 0 aliphatic carbocycles. The number of hydrogen-bond acceptors (Lipinski definition) is 3. The van der Waals surface area contributed by atoms with Gasteiger partial charge in [-0.15, -0.1) is 0 Å². The third-order valence-electron chi connectivity index (χ3n) is 2.13. The van der Waals surface area contributed by atoms with Crippen LogP contribution in [0.15, 0.2) is 24.3 Å². The maximum Gasteiger partial charge on any atom is 0.115 e. The zero-order chi connectivity index (χ0) is 10.4. The molecule has 0 heterocycles. The van der Waals surface area contributed by atoms with Crippen LogP contribution in [0.1, 0.15) is 18.9 Å². The minimum Gasteiger partial charge on any atom is -0.508 e. The van der Waals surface area contributed by atoms with E-state index in [1.807, 2.05) is 19.1 Å². The molecule has 1 atom stereocenters. The molecule has 14 heavy (non-hydrogen) atoms. The van der Waals surface area contributed by atoms with Crippen LogP contribution >= 0.6 is 0 Å². The van der Waals surface area contributed by atoms with E-state index in [1.54, 1.807) is 12.1 Å². The van der Waals surface area contributed by atoms with Crippen molar-refractivity contribution in [3.8, 4) is 5.75 Å². The minimum absolute atomic E-state index is 0.203. The monoisotopic (exact) mass is 195 g/mol. The molecule has 78 valence electrons. The summed E-state index contributed by atoms with van der Waals surface area (Å²) in [6.45, 7) is 2.95. The Morgan fingerprint density at radius 2 is 2.21 bits per heavy atom. The average Bonchev–Trinajstić information content (AvgIpc) is 2.15. The predicted molar refractivity (Wildman–Crippen MR) is 56.1 cm³/mol. The van der Waals surface area contributed by atoms with E-state index >= 15 is 0 Å². The molecular formula is C11H17NO2. The first-order valence-electron chi connectivity index (χ1n) is 4.84. The highest BCUT2D eigenvalue weighted by Crippen LogP contribution is 2.10. The van der Waals surface area contributed by atoms with Gasteiger partial charge in [-0.25, -0.2) is 0 Å². The number of aromatic hydroxyl groups is 1. The highest BCUT2D eigenvalue weighted by Gasteiger charge is 2.00. The predicted octanol–water partition coefficient (Wildman–Crippen LogP) is 1.25. The summed E-state index contributed by atoms with van der Waals surface area (Å²) in [6, 6.07) is 7.46. The fraction of sp³-hybridized carbons (Fsp3) is 0.455. The Labute approximate surface area is 84.4 Å². The number of phenolic OH excluding ortho intramolecular Hbond substituents is 1. The van der Waals surface area contributed by atoms with Gasteiger partial charge in [0.05, 0.1) is 0 Å². The van der Waals surface area contributed by atoms with Crippen molar-refractivity contribution in [1.82, 2.24) is 5.32 Å². The Kier molecular flexibility index (Phi) is 4.43. The Morgan fingerprint density at radius 1 is 1.43 bits per heavy atom. The highest BCUT2D eigenvalue weighted by molar-refractivity contribution is 5.26. The molecule has 0 bridgehead atoms. The van der Waals surface area contributed by atoms with Crippen LogP contribution in [0, 0.1) is 0 Å². The molecule has 3 N–H and O–H groups in total. The number of hydrogen-bond donors (Lipinski definition) is 3. The molecule has 0 saturated heterocycles. The lowest BCUT2D eigenvalue weighted by atomic mass is 10.2. The van der Waals surface area contributed by atoms with Crippen molar-refractivity contribution in [2.45, 2.75) is 25.9 Å². The zero-order valence-electron chi connectivity index (χ0n) is 8.40. The van der Waals surface area contributed by atoms with Crippen molar-refractivity contribution >= 4 is 0 Å². The molecule has 0 aromatic heterocycles. The highest BCUT2D eigenvalue weighted by atomic mass is 16.3. The van der Waals surface area contributed by atoms with Gasteiger partial charge in [0.2, 0.25) is 0 Å². The van der Waals surface area contributed by atoms with E-state index in [4.69, 9.17) is 5.11 Å². The van der Waals surface area contributed by atoms with Crippen LogP contribution < -0.4 is 5.32 Å². The molecule has 3 nitrogen and oxygen atoms in total. The van der Waals surface area contributed by atoms with Gasteiger partial charge in [-0.3, -0.25) is 0 Å². The number of rotatable bonds is 5. The van der Waals surface area contributed by atoms with Crippen molar-refractivity contribution in [1.29, 1.82) is 0 Å². The van der Waals surface area contributed by atoms with Gasteiger partial charge in [0, 0.05) is 19.2 Å². The second-order valence-corrected chi connectivity index (χ2v) is 3.46. The van der Waals surface area contributed by atoms with Gasteiger partial charge in [-0.05, 0) is 31.0 Å². The normalized spacial score (nSPS) is 12.7. The van der Waals surface area contributed by atoms with Crippen molar-refractivity contribution in [2.75, 3.05) is 6.61 Å². The molecule has 1 unspecified atom stereocenters. The van der Waals surface area contributed by atoms with Crippen molar-refractivity contribution in [3.63, 3.8) is 0 Å². The van der Waals surface area contributed by atoms with Crippen LogP contribution in [0.2, 0.25) is 0 Å². The van der Waals surface area contributed by atoms with Crippen LogP contribution in [-0.2, 0) is 6.54 Å². The Morgan fingerprint density at radius 3 is 2.86 bits per heavy atom. The SMILES string of the molecule is CC(CCO)NCc1cccc(O)c1. The van der Waals surface area contributed by atoms with Crippen LogP contribution in [0.3, 0.4) is 0 Å². The summed E-state index contributed by atoms with van der Waals surface area (Å²) in [7, 11) is 0. The Hall–Kier alpha value is -1.06. The van der Waals surface area contributed by atoms with E-state index in [-0.39, 0.29) is 6.61 Å². The first kappa shape index (κ1) is 11.0. The van der Waals surface area contributed by atoms with Gasteiger partial charge in [-0.1, -0.05) is 12.1 Å². The lowest BCUT2D eigenvalue weighted by molar-refractivity contribution is 0.268. The fourth-order valence-corrected chi connectivity index (χ4v) is 1.25. The summed E-state index contributed by atoms with van der Waals surface area (Å²) in [5, 5.41) is 21.2. The molecule has 3 heteroatoms. The van der Waals surface area contributed by atoms with Crippen LogP contribution in [-0.4, -0.2) is 22.9 Å². The number of nitrogens with one attached hydrogen (secondary N) is 1. The Balaban J connectivity index is 2.37. The van der Waals surface area contributed by atoms with Crippen LogP contribution in [0.4, 0.5) is 0 Å². The lowest BCUT2D eigenvalue weighted by Gasteiger charge is -2.12. The smallest absolute Gasteiger partial charge is 0.115 e. The molecule has 0 radical (unpaired) electrons. The molecule has 1 aromatic rings. The minimum atomic E-state index is 0.203. The van der Waals surface area contributed by atoms with E-state index in [2.05, 4.69) is 5.32 Å². The van der Waals surface area contributed by atoms with E-state index in [9.17, 15) is 5.11 Å². The third-order valence-corrected chi connectivity index (χ3v) is 2.13. The number of aliphatic hydroxyl groups excluding tert-OH is 1. The summed E-state index contributed by atoms with van der Waals surface area (Å²) >= 11 is 0. The van der Waals surface area contributed by atoms with E-state index in [0.717, 1.165) is 18.5 Å². The maximum atomic E-state index is 9.21. The number of benzene rings is 1. The molecule has 0 aliphatic rings. The topological polar surface area (TPSA) is 52.5 Å². The van der Waals surface area contributed by atoms with E-state index in [1.165, 1.54) is 0 Å². The molecule has 1 aromatic carbocycles. The molecule has 0 spiro atoms. The van der Waals surface area contributed by atoms with E-state index in [0.29, 0.717) is 11.8 Å². The zero-order valence-corrected chi connectivity index (χ0v) is 8.40. The second kappa shape index (κ2) is 5.62. The standard InChI is InChI=1S/C11H17NO2/c1-9(5-6-13)12-8-10-3-2-4-11(14)7-10/h2-4,7,9,12-14H,5-6,8H2,1H3. The van der Waals surface area contributed by atoms with Crippen molar-refractivity contribution in [3.05, 3.63) is 29.8 Å². The summed E-state index contributed by atoms with van der Waals surface area (Å²) in [5.41, 5.74) is 1.05. The molecule has 0 saturated carbocycles. The first-order chi connectivity index (χ1) is 6.72. The van der Waals surface area contributed by atoms with Gasteiger partial charge < -0.3 is 15.5 Å². The van der Waals surface area contributed by atoms with Gasteiger partial charge in [0.1, 0.15) is 5.75 Å². The van der Waals surface area contributed by atoms with Crippen LogP contribution in [0.5, 0.6) is 5.75 Å². The van der Waals surface area contributed by atoms with Crippen molar-refractivity contribution < 1.29 is 10.2 Å². The number of aliphatic hydroxyl groups is 1. The lowest BCUT2D eigenvalue weighted by Crippen LogP contribution is -2.26. The van der Waals surface area contributed by atoms with Crippen molar-refractivity contribution in [2.24, 2.45) is 0 Å². The third kappa shape index (κ3) is 3.77. The number of phenols is 1. The van der Waals surface area contributed by atoms with Gasteiger partial charge >= 0.3 is 0 Å².